The normalized spacial score (nSPS) is 19.1. The number of hydrogen-bond donors (Lipinski definition) is 0. The van der Waals surface area contributed by atoms with E-state index >= 15 is 0 Å². The molecule has 16 heavy (non-hydrogen) atoms. The summed E-state index contributed by atoms with van der Waals surface area (Å²) in [5, 5.41) is 0. The summed E-state index contributed by atoms with van der Waals surface area (Å²) in [6, 6.07) is 3.87. The molecule has 0 saturated heterocycles. The molecule has 2 rings (SSSR count). The molecular weight excluding hydrogens is 204 g/mol. The first-order valence-corrected chi connectivity index (χ1v) is 5.43. The molecule has 1 aliphatic heterocycles. The zero-order chi connectivity index (χ0) is 11.5. The first-order chi connectivity index (χ1) is 7.80. The van der Waals surface area contributed by atoms with Crippen LogP contribution in [0.5, 0.6) is 11.5 Å². The smallest absolute Gasteiger partial charge is 0.124 e. The van der Waals surface area contributed by atoms with Crippen LogP contribution in [0.15, 0.2) is 12.1 Å². The quantitative estimate of drug-likeness (QED) is 0.784. The van der Waals surface area contributed by atoms with Gasteiger partial charge in [-0.05, 0) is 18.6 Å². The van der Waals surface area contributed by atoms with Gasteiger partial charge in [-0.2, -0.15) is 0 Å². The van der Waals surface area contributed by atoms with E-state index in [4.69, 9.17) is 14.2 Å². The molecule has 0 N–H and O–H groups in total. The van der Waals surface area contributed by atoms with Crippen LogP contribution in [0.3, 0.4) is 0 Å². The van der Waals surface area contributed by atoms with Crippen LogP contribution in [0.4, 0.5) is 0 Å². The van der Waals surface area contributed by atoms with Crippen molar-refractivity contribution in [2.24, 2.45) is 0 Å². The van der Waals surface area contributed by atoms with Gasteiger partial charge < -0.3 is 14.2 Å². The maximum Gasteiger partial charge on any atom is 0.124 e. The first-order valence-electron chi connectivity index (χ1n) is 5.43. The number of fused-ring (bicyclic) bond motifs is 1. The van der Waals surface area contributed by atoms with E-state index in [9.17, 15) is 0 Å². The SMILES string of the molecule is [CH2]CC1Cc2c(OC)ccc(OC)c2CO1. The maximum atomic E-state index is 5.70. The molecule has 1 atom stereocenters. The topological polar surface area (TPSA) is 27.7 Å². The van der Waals surface area contributed by atoms with Crippen molar-refractivity contribution in [3.05, 3.63) is 30.2 Å². The van der Waals surface area contributed by atoms with Crippen LogP contribution in [-0.2, 0) is 17.8 Å². The molecular formula is C13H17O3. The molecule has 0 bridgehead atoms. The molecule has 0 aromatic heterocycles. The first kappa shape index (κ1) is 11.3. The van der Waals surface area contributed by atoms with Gasteiger partial charge in [0.05, 0.1) is 26.9 Å². The lowest BCUT2D eigenvalue weighted by atomic mass is 9.96. The Kier molecular flexibility index (Phi) is 3.34. The fraction of sp³-hybridized carbons (Fsp3) is 0.462. The van der Waals surface area contributed by atoms with Gasteiger partial charge in [-0.15, -0.1) is 0 Å². The van der Waals surface area contributed by atoms with Gasteiger partial charge in [0.1, 0.15) is 11.5 Å². The average Bonchev–Trinajstić information content (AvgIpc) is 2.36. The van der Waals surface area contributed by atoms with Crippen LogP contribution in [0, 0.1) is 6.92 Å². The fourth-order valence-electron chi connectivity index (χ4n) is 2.09. The number of methoxy groups -OCH3 is 2. The van der Waals surface area contributed by atoms with Crippen molar-refractivity contribution in [2.45, 2.75) is 25.6 Å². The lowest BCUT2D eigenvalue weighted by molar-refractivity contribution is 0.0281. The Bertz CT molecular complexity index is 374. The molecule has 1 aromatic carbocycles. The molecule has 87 valence electrons. The van der Waals surface area contributed by atoms with E-state index in [1.807, 2.05) is 12.1 Å². The van der Waals surface area contributed by atoms with Crippen molar-refractivity contribution in [3.8, 4) is 11.5 Å². The molecule has 1 aliphatic rings. The van der Waals surface area contributed by atoms with Crippen molar-refractivity contribution < 1.29 is 14.2 Å². The Balaban J connectivity index is 2.42. The molecule has 0 saturated carbocycles. The molecule has 1 heterocycles. The van der Waals surface area contributed by atoms with Gasteiger partial charge in [-0.1, -0.05) is 6.92 Å². The minimum atomic E-state index is 0.188. The second kappa shape index (κ2) is 4.74. The van der Waals surface area contributed by atoms with Crippen LogP contribution in [0.1, 0.15) is 17.5 Å². The molecule has 0 amide bonds. The second-order valence-electron chi connectivity index (χ2n) is 3.85. The van der Waals surface area contributed by atoms with Crippen molar-refractivity contribution in [3.63, 3.8) is 0 Å². The van der Waals surface area contributed by atoms with Crippen molar-refractivity contribution in [1.82, 2.24) is 0 Å². The largest absolute Gasteiger partial charge is 0.496 e. The molecule has 3 heteroatoms. The number of benzene rings is 1. The third-order valence-corrected chi connectivity index (χ3v) is 3.00. The zero-order valence-corrected chi connectivity index (χ0v) is 9.79. The molecule has 1 radical (unpaired) electrons. The van der Waals surface area contributed by atoms with Crippen molar-refractivity contribution in [1.29, 1.82) is 0 Å². The molecule has 0 aliphatic carbocycles. The van der Waals surface area contributed by atoms with Gasteiger partial charge in [-0.3, -0.25) is 0 Å². The lowest BCUT2D eigenvalue weighted by Crippen LogP contribution is -2.22. The lowest BCUT2D eigenvalue weighted by Gasteiger charge is -2.27. The van der Waals surface area contributed by atoms with Gasteiger partial charge in [0, 0.05) is 17.5 Å². The summed E-state index contributed by atoms with van der Waals surface area (Å²) >= 11 is 0. The van der Waals surface area contributed by atoms with E-state index in [1.165, 1.54) is 5.56 Å². The second-order valence-corrected chi connectivity index (χ2v) is 3.85. The highest BCUT2D eigenvalue weighted by Gasteiger charge is 2.23. The Labute approximate surface area is 96.3 Å². The minimum absolute atomic E-state index is 0.188. The Morgan fingerprint density at radius 1 is 1.25 bits per heavy atom. The third kappa shape index (κ3) is 1.87. The number of ether oxygens (including phenoxy) is 3. The summed E-state index contributed by atoms with van der Waals surface area (Å²) in [6.07, 6.45) is 1.81. The van der Waals surface area contributed by atoms with Crippen LogP contribution >= 0.6 is 0 Å². The number of rotatable bonds is 3. The Morgan fingerprint density at radius 2 is 1.88 bits per heavy atom. The van der Waals surface area contributed by atoms with E-state index in [0.717, 1.165) is 29.9 Å². The molecule has 1 unspecified atom stereocenters. The number of hydrogen-bond acceptors (Lipinski definition) is 3. The minimum Gasteiger partial charge on any atom is -0.496 e. The Hall–Kier alpha value is -1.22. The highest BCUT2D eigenvalue weighted by atomic mass is 16.5. The summed E-state index contributed by atoms with van der Waals surface area (Å²) in [6.45, 7) is 4.46. The van der Waals surface area contributed by atoms with E-state index in [1.54, 1.807) is 14.2 Å². The highest BCUT2D eigenvalue weighted by Crippen LogP contribution is 2.35. The van der Waals surface area contributed by atoms with Crippen LogP contribution in [0.2, 0.25) is 0 Å². The van der Waals surface area contributed by atoms with Gasteiger partial charge in [0.25, 0.3) is 0 Å². The van der Waals surface area contributed by atoms with Crippen LogP contribution in [-0.4, -0.2) is 20.3 Å². The average molecular weight is 221 g/mol. The monoisotopic (exact) mass is 221 g/mol. The maximum absolute atomic E-state index is 5.70. The molecule has 1 aromatic rings. The van der Waals surface area contributed by atoms with Gasteiger partial charge in [-0.25, -0.2) is 0 Å². The Morgan fingerprint density at radius 3 is 2.44 bits per heavy atom. The predicted octanol–water partition coefficient (Wildman–Crippen LogP) is 2.37. The van der Waals surface area contributed by atoms with Crippen molar-refractivity contribution in [2.75, 3.05) is 14.2 Å². The van der Waals surface area contributed by atoms with Gasteiger partial charge in [0.15, 0.2) is 0 Å². The van der Waals surface area contributed by atoms with E-state index < -0.39 is 0 Å². The molecule has 3 nitrogen and oxygen atoms in total. The van der Waals surface area contributed by atoms with Gasteiger partial charge in [0.2, 0.25) is 0 Å². The molecule has 0 fully saturated rings. The summed E-state index contributed by atoms with van der Waals surface area (Å²) in [7, 11) is 3.37. The summed E-state index contributed by atoms with van der Waals surface area (Å²) in [5.41, 5.74) is 2.30. The van der Waals surface area contributed by atoms with E-state index in [2.05, 4.69) is 6.92 Å². The van der Waals surface area contributed by atoms with E-state index in [-0.39, 0.29) is 6.10 Å². The third-order valence-electron chi connectivity index (χ3n) is 3.00. The van der Waals surface area contributed by atoms with Crippen LogP contribution < -0.4 is 9.47 Å². The van der Waals surface area contributed by atoms with Gasteiger partial charge >= 0.3 is 0 Å². The zero-order valence-electron chi connectivity index (χ0n) is 9.79. The highest BCUT2D eigenvalue weighted by molar-refractivity contribution is 5.49. The summed E-state index contributed by atoms with van der Waals surface area (Å²) in [4.78, 5) is 0. The standard InChI is InChI=1S/C13H17O3/c1-4-9-7-10-11(8-16-9)13(15-3)6-5-12(10)14-2/h5-6,9H,1,4,7-8H2,2-3H3. The fourth-order valence-corrected chi connectivity index (χ4v) is 2.09. The summed E-state index contributed by atoms with van der Waals surface area (Å²) in [5.74, 6) is 1.79. The van der Waals surface area contributed by atoms with E-state index in [0.29, 0.717) is 6.61 Å². The van der Waals surface area contributed by atoms with Crippen molar-refractivity contribution >= 4 is 0 Å². The summed E-state index contributed by atoms with van der Waals surface area (Å²) < 4.78 is 16.4. The molecule has 0 spiro atoms. The van der Waals surface area contributed by atoms with Crippen LogP contribution in [0.25, 0.3) is 0 Å². The predicted molar refractivity (Wildman–Crippen MR) is 61.8 cm³/mol.